The second-order valence-corrected chi connectivity index (χ2v) is 2.25. The predicted molar refractivity (Wildman–Crippen MR) is 41.0 cm³/mol. The Hall–Kier alpha value is -1.76. The quantitative estimate of drug-likeness (QED) is 0.614. The second-order valence-electron chi connectivity index (χ2n) is 2.25. The summed E-state index contributed by atoms with van der Waals surface area (Å²) >= 11 is 0. The molecule has 1 aromatic carbocycles. The van der Waals surface area contributed by atoms with Crippen LogP contribution in [0.15, 0.2) is 18.2 Å². The highest BCUT2D eigenvalue weighted by molar-refractivity contribution is 5.53. The lowest BCUT2D eigenvalue weighted by Crippen LogP contribution is -1.90. The minimum absolute atomic E-state index is 0.414. The number of rotatable bonds is 1. The van der Waals surface area contributed by atoms with Gasteiger partial charge in [-0.15, -0.1) is 0 Å². The van der Waals surface area contributed by atoms with Gasteiger partial charge in [0.2, 0.25) is 0 Å². The van der Waals surface area contributed by atoms with Crippen molar-refractivity contribution in [3.05, 3.63) is 41.2 Å². The molecule has 0 saturated carbocycles. The van der Waals surface area contributed by atoms with Gasteiger partial charge in [-0.1, -0.05) is 0 Å². The minimum Gasteiger partial charge on any atom is -0.207 e. The van der Waals surface area contributed by atoms with E-state index in [2.05, 4.69) is 0 Å². The third-order valence-corrected chi connectivity index (χ3v) is 1.37. The molecule has 4 heteroatoms. The maximum Gasteiger partial charge on any atom is 0.136 e. The maximum atomic E-state index is 12.8. The number of nitriles is 1. The molecule has 1 nitrogen and oxygen atoms in total. The van der Waals surface area contributed by atoms with Gasteiger partial charge in [-0.05, 0) is 6.08 Å². The highest BCUT2D eigenvalue weighted by Gasteiger charge is 2.07. The molecular formula is C9H4F3N. The first-order valence-electron chi connectivity index (χ1n) is 3.36. The fraction of sp³-hybridized carbons (Fsp3) is 0. The number of halogens is 3. The topological polar surface area (TPSA) is 23.8 Å². The van der Waals surface area contributed by atoms with E-state index in [1.165, 1.54) is 0 Å². The van der Waals surface area contributed by atoms with Crippen molar-refractivity contribution < 1.29 is 13.2 Å². The lowest BCUT2D eigenvalue weighted by molar-refractivity contribution is 0.540. The molecule has 0 N–H and O–H groups in total. The summed E-state index contributed by atoms with van der Waals surface area (Å²) in [5, 5.41) is 8.11. The Balaban J connectivity index is 3.22. The van der Waals surface area contributed by atoms with Gasteiger partial charge in [0.15, 0.2) is 0 Å². The normalized spacial score (nSPS) is 10.3. The van der Waals surface area contributed by atoms with Crippen LogP contribution in [0.4, 0.5) is 13.2 Å². The summed E-state index contributed by atoms with van der Waals surface area (Å²) in [4.78, 5) is 0. The molecule has 0 radical (unpaired) electrons. The van der Waals surface area contributed by atoms with E-state index in [0.717, 1.165) is 12.2 Å². The van der Waals surface area contributed by atoms with Crippen molar-refractivity contribution in [3.63, 3.8) is 0 Å². The smallest absolute Gasteiger partial charge is 0.136 e. The van der Waals surface area contributed by atoms with Gasteiger partial charge < -0.3 is 0 Å². The Labute approximate surface area is 72.7 Å². The van der Waals surface area contributed by atoms with Crippen LogP contribution in [-0.2, 0) is 0 Å². The number of hydrogen-bond donors (Lipinski definition) is 0. The molecule has 0 aliphatic rings. The zero-order valence-electron chi connectivity index (χ0n) is 6.39. The van der Waals surface area contributed by atoms with Gasteiger partial charge in [-0.25, -0.2) is 13.2 Å². The molecule has 13 heavy (non-hydrogen) atoms. The Bertz CT molecular complexity index is 367. The van der Waals surface area contributed by atoms with E-state index >= 15 is 0 Å². The summed E-state index contributed by atoms with van der Waals surface area (Å²) in [6.07, 6.45) is 1.86. The lowest BCUT2D eigenvalue weighted by Gasteiger charge is -1.98. The Kier molecular flexibility index (Phi) is 2.70. The van der Waals surface area contributed by atoms with Crippen LogP contribution in [0.3, 0.4) is 0 Å². The molecule has 0 atom stereocenters. The Morgan fingerprint density at radius 3 is 2.15 bits per heavy atom. The fourth-order valence-corrected chi connectivity index (χ4v) is 0.833. The second kappa shape index (κ2) is 3.76. The lowest BCUT2D eigenvalue weighted by atomic mass is 10.2. The van der Waals surface area contributed by atoms with Crippen LogP contribution in [0.25, 0.3) is 6.08 Å². The molecule has 0 bridgehead atoms. The number of hydrogen-bond acceptors (Lipinski definition) is 1. The molecule has 1 aromatic rings. The van der Waals surface area contributed by atoms with Crippen molar-refractivity contribution >= 4 is 6.08 Å². The zero-order valence-corrected chi connectivity index (χ0v) is 6.39. The van der Waals surface area contributed by atoms with Crippen LogP contribution in [0.2, 0.25) is 0 Å². The van der Waals surface area contributed by atoms with E-state index in [-0.39, 0.29) is 0 Å². The van der Waals surface area contributed by atoms with E-state index in [1.54, 1.807) is 6.07 Å². The zero-order chi connectivity index (χ0) is 9.84. The first-order chi connectivity index (χ1) is 6.15. The van der Waals surface area contributed by atoms with Gasteiger partial charge in [0, 0.05) is 23.8 Å². The fourth-order valence-electron chi connectivity index (χ4n) is 0.833. The molecule has 0 aromatic heterocycles. The summed E-state index contributed by atoms with van der Waals surface area (Å²) in [6.45, 7) is 0. The maximum absolute atomic E-state index is 12.8. The van der Waals surface area contributed by atoms with Gasteiger partial charge in [-0.3, -0.25) is 0 Å². The molecule has 0 saturated heterocycles. The molecule has 0 aliphatic carbocycles. The van der Waals surface area contributed by atoms with Crippen molar-refractivity contribution in [1.82, 2.24) is 0 Å². The van der Waals surface area contributed by atoms with E-state index < -0.39 is 23.0 Å². The highest BCUT2D eigenvalue weighted by atomic mass is 19.1. The van der Waals surface area contributed by atoms with Gasteiger partial charge in [0.1, 0.15) is 17.5 Å². The minimum atomic E-state index is -1.02. The summed E-state index contributed by atoms with van der Waals surface area (Å²) in [6, 6.07) is 2.69. The van der Waals surface area contributed by atoms with Crippen LogP contribution in [-0.4, -0.2) is 0 Å². The van der Waals surface area contributed by atoms with Crippen molar-refractivity contribution in [3.8, 4) is 6.07 Å². The first-order valence-corrected chi connectivity index (χ1v) is 3.36. The van der Waals surface area contributed by atoms with E-state index in [4.69, 9.17) is 5.26 Å². The predicted octanol–water partition coefficient (Wildman–Crippen LogP) is 2.64. The van der Waals surface area contributed by atoms with E-state index in [9.17, 15) is 13.2 Å². The largest absolute Gasteiger partial charge is 0.207 e. The third-order valence-electron chi connectivity index (χ3n) is 1.37. The van der Waals surface area contributed by atoms with E-state index in [0.29, 0.717) is 12.1 Å². The van der Waals surface area contributed by atoms with Crippen molar-refractivity contribution in [2.45, 2.75) is 0 Å². The van der Waals surface area contributed by atoms with Crippen molar-refractivity contribution in [2.24, 2.45) is 0 Å². The molecule has 0 fully saturated rings. The van der Waals surface area contributed by atoms with Crippen LogP contribution >= 0.6 is 0 Å². The Morgan fingerprint density at radius 1 is 1.15 bits per heavy atom. The van der Waals surface area contributed by atoms with Crippen LogP contribution in [0.1, 0.15) is 5.56 Å². The Morgan fingerprint density at radius 2 is 1.69 bits per heavy atom. The molecule has 0 aliphatic heterocycles. The molecule has 0 spiro atoms. The standard InChI is InChI=1S/C9H4F3N/c10-6-4-8(11)7(2-1-3-13)9(12)5-6/h1-2,4-5H. The van der Waals surface area contributed by atoms with Crippen LogP contribution in [0.5, 0.6) is 0 Å². The summed E-state index contributed by atoms with van der Waals surface area (Å²) in [5.74, 6) is -3.03. The summed E-state index contributed by atoms with van der Waals surface area (Å²) < 4.78 is 37.9. The van der Waals surface area contributed by atoms with Gasteiger partial charge >= 0.3 is 0 Å². The molecule has 0 unspecified atom stereocenters. The molecule has 1 rings (SSSR count). The molecule has 66 valence electrons. The van der Waals surface area contributed by atoms with Crippen LogP contribution < -0.4 is 0 Å². The third kappa shape index (κ3) is 2.09. The van der Waals surface area contributed by atoms with E-state index in [1.807, 2.05) is 0 Å². The SMILES string of the molecule is N#CC=Cc1c(F)cc(F)cc1F. The first kappa shape index (κ1) is 9.33. The summed E-state index contributed by atoms with van der Waals surface area (Å²) in [5.41, 5.74) is -0.414. The average molecular weight is 183 g/mol. The van der Waals surface area contributed by atoms with Crippen molar-refractivity contribution in [2.75, 3.05) is 0 Å². The molecule has 0 heterocycles. The van der Waals surface area contributed by atoms with Crippen molar-refractivity contribution in [1.29, 1.82) is 5.26 Å². The highest BCUT2D eigenvalue weighted by Crippen LogP contribution is 2.15. The number of allylic oxidation sites excluding steroid dienone is 1. The number of benzene rings is 1. The van der Waals surface area contributed by atoms with Crippen LogP contribution in [0, 0.1) is 28.8 Å². The summed E-state index contributed by atoms with van der Waals surface area (Å²) in [7, 11) is 0. The number of nitrogens with zero attached hydrogens (tertiary/aromatic N) is 1. The molecular weight excluding hydrogens is 179 g/mol. The monoisotopic (exact) mass is 183 g/mol. The average Bonchev–Trinajstić information content (AvgIpc) is 2.02. The molecule has 0 amide bonds. The van der Waals surface area contributed by atoms with Gasteiger partial charge in [0.25, 0.3) is 0 Å². The van der Waals surface area contributed by atoms with Gasteiger partial charge in [-0.2, -0.15) is 5.26 Å². The van der Waals surface area contributed by atoms with Gasteiger partial charge in [0.05, 0.1) is 6.07 Å².